The van der Waals surface area contributed by atoms with E-state index >= 15 is 0 Å². The lowest BCUT2D eigenvalue weighted by Crippen LogP contribution is -2.28. The third-order valence-electron chi connectivity index (χ3n) is 2.45. The van der Waals surface area contributed by atoms with Crippen LogP contribution in [0.15, 0.2) is 18.2 Å². The smallest absolute Gasteiger partial charge is 0.228 e. The van der Waals surface area contributed by atoms with Crippen molar-refractivity contribution in [2.45, 2.75) is 13.8 Å². The number of aryl methyl sites for hydroxylation is 1. The summed E-state index contributed by atoms with van der Waals surface area (Å²) in [5, 5.41) is 15.4. The summed E-state index contributed by atoms with van der Waals surface area (Å²) in [5.41, 5.74) is 1.21. The normalized spacial score (nSPS) is 12.2. The maximum atomic E-state index is 11.7. The van der Waals surface area contributed by atoms with Gasteiger partial charge in [-0.2, -0.15) is 0 Å². The molecule has 0 aliphatic rings. The van der Waals surface area contributed by atoms with E-state index in [1.807, 2.05) is 6.92 Å². The molecule has 4 nitrogen and oxygen atoms in total. The van der Waals surface area contributed by atoms with Crippen LogP contribution in [0.5, 0.6) is 5.75 Å². The highest BCUT2D eigenvalue weighted by molar-refractivity contribution is 5.94. The van der Waals surface area contributed by atoms with E-state index in [1.165, 1.54) is 0 Å². The minimum absolute atomic E-state index is 0.102. The number of carbonyl (C=O) groups excluding carboxylic acids is 1. The van der Waals surface area contributed by atoms with Crippen molar-refractivity contribution >= 4 is 11.6 Å². The van der Waals surface area contributed by atoms with Crippen molar-refractivity contribution in [2.24, 2.45) is 5.92 Å². The topological polar surface area (TPSA) is 61.4 Å². The molecule has 16 heavy (non-hydrogen) atoms. The molecule has 1 rings (SSSR count). The van der Waals surface area contributed by atoms with Gasteiger partial charge >= 0.3 is 0 Å². The molecule has 1 unspecified atom stereocenters. The molecule has 0 spiro atoms. The van der Waals surface area contributed by atoms with E-state index in [2.05, 4.69) is 10.6 Å². The van der Waals surface area contributed by atoms with E-state index in [-0.39, 0.29) is 17.6 Å². The van der Waals surface area contributed by atoms with Crippen LogP contribution in [0.3, 0.4) is 0 Å². The summed E-state index contributed by atoms with van der Waals surface area (Å²) in [5.74, 6) is -0.104. The van der Waals surface area contributed by atoms with Gasteiger partial charge in [0.25, 0.3) is 0 Å². The van der Waals surface area contributed by atoms with Crippen LogP contribution < -0.4 is 10.6 Å². The number of aromatic hydroxyl groups is 1. The third kappa shape index (κ3) is 2.97. The van der Waals surface area contributed by atoms with E-state index in [4.69, 9.17) is 0 Å². The average Bonchev–Trinajstić information content (AvgIpc) is 2.25. The van der Waals surface area contributed by atoms with Crippen molar-refractivity contribution in [3.63, 3.8) is 0 Å². The molecule has 0 radical (unpaired) electrons. The first-order valence-electron chi connectivity index (χ1n) is 5.30. The summed E-state index contributed by atoms with van der Waals surface area (Å²) in [6.07, 6.45) is 0. The number of amides is 1. The van der Waals surface area contributed by atoms with Crippen molar-refractivity contribution in [3.05, 3.63) is 23.8 Å². The Morgan fingerprint density at radius 3 is 2.81 bits per heavy atom. The third-order valence-corrected chi connectivity index (χ3v) is 2.45. The second kappa shape index (κ2) is 5.51. The van der Waals surface area contributed by atoms with E-state index in [0.717, 1.165) is 5.56 Å². The van der Waals surface area contributed by atoms with Gasteiger partial charge in [-0.3, -0.25) is 4.79 Å². The maximum absolute atomic E-state index is 11.7. The quantitative estimate of drug-likeness (QED) is 0.676. The van der Waals surface area contributed by atoms with Gasteiger partial charge in [-0.15, -0.1) is 0 Å². The highest BCUT2D eigenvalue weighted by Gasteiger charge is 2.13. The summed E-state index contributed by atoms with van der Waals surface area (Å²) in [6, 6.07) is 5.28. The van der Waals surface area contributed by atoms with Gasteiger partial charge in [0.2, 0.25) is 5.91 Å². The summed E-state index contributed by atoms with van der Waals surface area (Å²) in [6.45, 7) is 4.24. The molecular formula is C12H18N2O2. The van der Waals surface area contributed by atoms with E-state index in [9.17, 15) is 9.90 Å². The lowest BCUT2D eigenvalue weighted by atomic mass is 10.1. The van der Waals surface area contributed by atoms with Crippen LogP contribution in [0.2, 0.25) is 0 Å². The lowest BCUT2D eigenvalue weighted by Gasteiger charge is -2.13. The summed E-state index contributed by atoms with van der Waals surface area (Å²) in [7, 11) is 1.80. The zero-order chi connectivity index (χ0) is 12.1. The Bertz CT molecular complexity index is 377. The van der Waals surface area contributed by atoms with Gasteiger partial charge in [-0.1, -0.05) is 19.1 Å². The Morgan fingerprint density at radius 1 is 1.50 bits per heavy atom. The molecule has 0 aliphatic carbocycles. The maximum Gasteiger partial charge on any atom is 0.228 e. The molecule has 0 bridgehead atoms. The number of carbonyl (C=O) groups is 1. The molecule has 1 atom stereocenters. The highest BCUT2D eigenvalue weighted by atomic mass is 16.3. The molecule has 0 saturated heterocycles. The number of hydrogen-bond donors (Lipinski definition) is 3. The van der Waals surface area contributed by atoms with Crippen LogP contribution in [0, 0.1) is 12.8 Å². The van der Waals surface area contributed by atoms with E-state index < -0.39 is 0 Å². The van der Waals surface area contributed by atoms with E-state index in [0.29, 0.717) is 12.2 Å². The first-order valence-corrected chi connectivity index (χ1v) is 5.30. The number of para-hydroxylation sites is 1. The van der Waals surface area contributed by atoms with Gasteiger partial charge in [-0.05, 0) is 25.6 Å². The molecule has 3 N–H and O–H groups in total. The molecule has 1 aromatic rings. The molecule has 0 aromatic heterocycles. The molecule has 88 valence electrons. The zero-order valence-electron chi connectivity index (χ0n) is 9.87. The number of rotatable bonds is 4. The van der Waals surface area contributed by atoms with Gasteiger partial charge in [0.05, 0.1) is 5.69 Å². The fourth-order valence-corrected chi connectivity index (χ4v) is 1.41. The van der Waals surface area contributed by atoms with Crippen molar-refractivity contribution in [1.29, 1.82) is 0 Å². The van der Waals surface area contributed by atoms with Crippen LogP contribution in [-0.2, 0) is 4.79 Å². The van der Waals surface area contributed by atoms with Crippen LogP contribution in [0.1, 0.15) is 12.5 Å². The molecule has 0 saturated carbocycles. The van der Waals surface area contributed by atoms with Crippen molar-refractivity contribution in [2.75, 3.05) is 18.9 Å². The zero-order valence-corrected chi connectivity index (χ0v) is 9.87. The van der Waals surface area contributed by atoms with Crippen LogP contribution >= 0.6 is 0 Å². The van der Waals surface area contributed by atoms with Crippen molar-refractivity contribution < 1.29 is 9.90 Å². The molecule has 1 aromatic carbocycles. The number of nitrogens with one attached hydrogen (secondary N) is 2. The molecule has 4 heteroatoms. The number of benzene rings is 1. The van der Waals surface area contributed by atoms with Gasteiger partial charge in [0.1, 0.15) is 5.75 Å². The van der Waals surface area contributed by atoms with Crippen molar-refractivity contribution in [3.8, 4) is 5.75 Å². The van der Waals surface area contributed by atoms with Gasteiger partial charge < -0.3 is 15.7 Å². The summed E-state index contributed by atoms with van der Waals surface area (Å²) in [4.78, 5) is 11.7. The largest absolute Gasteiger partial charge is 0.505 e. The fourth-order valence-electron chi connectivity index (χ4n) is 1.41. The first kappa shape index (κ1) is 12.5. The second-order valence-corrected chi connectivity index (χ2v) is 3.92. The second-order valence-electron chi connectivity index (χ2n) is 3.92. The van der Waals surface area contributed by atoms with Crippen LogP contribution in [-0.4, -0.2) is 24.6 Å². The Hall–Kier alpha value is -1.55. The monoisotopic (exact) mass is 222 g/mol. The van der Waals surface area contributed by atoms with E-state index in [1.54, 1.807) is 32.2 Å². The molecule has 0 fully saturated rings. The SMILES string of the molecule is CNCC(C)C(=O)Nc1cccc(C)c1O. The fraction of sp³-hybridized carbons (Fsp3) is 0.417. The molecule has 1 amide bonds. The first-order chi connectivity index (χ1) is 7.56. The minimum atomic E-state index is -0.134. The predicted octanol–water partition coefficient (Wildman–Crippen LogP) is 1.49. The summed E-state index contributed by atoms with van der Waals surface area (Å²) < 4.78 is 0. The van der Waals surface area contributed by atoms with Crippen molar-refractivity contribution in [1.82, 2.24) is 5.32 Å². The van der Waals surface area contributed by atoms with Gasteiger partial charge in [-0.25, -0.2) is 0 Å². The molecule has 0 heterocycles. The standard InChI is InChI=1S/C12H18N2O2/c1-8-5-4-6-10(11(8)15)14-12(16)9(2)7-13-3/h4-6,9,13,15H,7H2,1-3H3,(H,14,16). The summed E-state index contributed by atoms with van der Waals surface area (Å²) >= 11 is 0. The Morgan fingerprint density at radius 2 is 2.19 bits per heavy atom. The van der Waals surface area contributed by atoms with Crippen LogP contribution in [0.25, 0.3) is 0 Å². The number of phenolic OH excluding ortho intramolecular Hbond substituents is 1. The predicted molar refractivity (Wildman–Crippen MR) is 64.6 cm³/mol. The minimum Gasteiger partial charge on any atom is -0.505 e. The average molecular weight is 222 g/mol. The molecule has 0 aliphatic heterocycles. The number of anilines is 1. The van der Waals surface area contributed by atoms with Gasteiger partial charge in [0.15, 0.2) is 0 Å². The number of phenols is 1. The Labute approximate surface area is 95.7 Å². The van der Waals surface area contributed by atoms with Gasteiger partial charge in [0, 0.05) is 12.5 Å². The number of hydrogen-bond acceptors (Lipinski definition) is 3. The lowest BCUT2D eigenvalue weighted by molar-refractivity contribution is -0.119. The Kier molecular flexibility index (Phi) is 4.31. The highest BCUT2D eigenvalue weighted by Crippen LogP contribution is 2.26. The Balaban J connectivity index is 2.73. The van der Waals surface area contributed by atoms with Crippen LogP contribution in [0.4, 0.5) is 5.69 Å². The molecular weight excluding hydrogens is 204 g/mol.